The molecule has 4 rings (SSSR count). The molecule has 30 heavy (non-hydrogen) atoms. The van der Waals surface area contributed by atoms with Crippen molar-refractivity contribution in [1.29, 1.82) is 0 Å². The third-order valence-corrected chi connectivity index (χ3v) is 5.15. The first-order valence-corrected chi connectivity index (χ1v) is 10.1. The summed E-state index contributed by atoms with van der Waals surface area (Å²) in [5.41, 5.74) is 3.69. The molecule has 154 valence electrons. The topological polar surface area (TPSA) is 77.0 Å². The van der Waals surface area contributed by atoms with Crippen molar-refractivity contribution in [2.24, 2.45) is 0 Å². The second-order valence-corrected chi connectivity index (χ2v) is 8.31. The summed E-state index contributed by atoms with van der Waals surface area (Å²) in [5.74, 6) is 1.76. The number of hydrogen-bond donors (Lipinski definition) is 1. The summed E-state index contributed by atoms with van der Waals surface area (Å²) in [4.78, 5) is 8.98. The van der Waals surface area contributed by atoms with Gasteiger partial charge in [0.2, 0.25) is 17.6 Å². The van der Waals surface area contributed by atoms with Crippen molar-refractivity contribution in [1.82, 2.24) is 20.4 Å². The van der Waals surface area contributed by atoms with Gasteiger partial charge in [-0.25, -0.2) is 4.98 Å². The highest BCUT2D eigenvalue weighted by atomic mass is 35.5. The minimum atomic E-state index is -0.198. The Balaban J connectivity index is 1.39. The van der Waals surface area contributed by atoms with Gasteiger partial charge >= 0.3 is 0 Å². The molecule has 0 fully saturated rings. The van der Waals surface area contributed by atoms with Crippen LogP contribution in [0.25, 0.3) is 22.8 Å². The van der Waals surface area contributed by atoms with E-state index in [1.54, 1.807) is 13.2 Å². The van der Waals surface area contributed by atoms with Gasteiger partial charge in [-0.2, -0.15) is 4.98 Å². The number of nitrogens with one attached hydrogen (secondary N) is 1. The number of rotatable bonds is 7. The lowest BCUT2D eigenvalue weighted by atomic mass is 9.90. The number of oxazole rings is 1. The van der Waals surface area contributed by atoms with Gasteiger partial charge in [-0.1, -0.05) is 48.8 Å². The Morgan fingerprint density at radius 3 is 2.57 bits per heavy atom. The van der Waals surface area contributed by atoms with E-state index < -0.39 is 0 Å². The van der Waals surface area contributed by atoms with E-state index in [0.717, 1.165) is 35.5 Å². The van der Waals surface area contributed by atoms with E-state index in [1.807, 2.05) is 36.4 Å². The maximum Gasteiger partial charge on any atom is 0.226 e. The molecule has 7 heteroatoms. The molecular formula is C23H23ClN4O2. The quantitative estimate of drug-likeness (QED) is 0.428. The largest absolute Gasteiger partial charge is 0.444 e. The number of nitrogens with zero attached hydrogens (tertiary/aromatic N) is 3. The SMILES string of the molecule is Cc1nc(-c2cccc(CNCC(C)(C)c3coc(-c4ccc(Cl)cc4)n3)c2)no1. The average Bonchev–Trinajstić information content (AvgIpc) is 3.39. The second kappa shape index (κ2) is 8.42. The Hall–Kier alpha value is -2.96. The minimum Gasteiger partial charge on any atom is -0.444 e. The van der Waals surface area contributed by atoms with Crippen molar-refractivity contribution in [3.05, 3.63) is 77.0 Å². The van der Waals surface area contributed by atoms with Gasteiger partial charge in [-0.05, 0) is 35.9 Å². The summed E-state index contributed by atoms with van der Waals surface area (Å²) in [7, 11) is 0. The molecule has 1 N–H and O–H groups in total. The Labute approximate surface area is 180 Å². The monoisotopic (exact) mass is 422 g/mol. The van der Waals surface area contributed by atoms with Crippen LogP contribution in [0.15, 0.2) is 63.7 Å². The lowest BCUT2D eigenvalue weighted by Gasteiger charge is -2.22. The van der Waals surface area contributed by atoms with Crippen molar-refractivity contribution in [3.8, 4) is 22.8 Å². The maximum absolute atomic E-state index is 5.96. The zero-order valence-electron chi connectivity index (χ0n) is 17.1. The molecule has 0 unspecified atom stereocenters. The molecule has 0 spiro atoms. The van der Waals surface area contributed by atoms with Crippen molar-refractivity contribution in [2.75, 3.05) is 6.54 Å². The van der Waals surface area contributed by atoms with Gasteiger partial charge in [0, 0.05) is 41.6 Å². The highest BCUT2D eigenvalue weighted by Gasteiger charge is 2.25. The van der Waals surface area contributed by atoms with Gasteiger partial charge in [-0.3, -0.25) is 0 Å². The van der Waals surface area contributed by atoms with Crippen LogP contribution in [-0.2, 0) is 12.0 Å². The molecule has 0 radical (unpaired) electrons. The van der Waals surface area contributed by atoms with E-state index in [2.05, 4.69) is 46.4 Å². The van der Waals surface area contributed by atoms with E-state index >= 15 is 0 Å². The summed E-state index contributed by atoms with van der Waals surface area (Å²) in [6.07, 6.45) is 1.73. The summed E-state index contributed by atoms with van der Waals surface area (Å²) >= 11 is 5.96. The predicted octanol–water partition coefficient (Wildman–Crippen LogP) is 5.42. The van der Waals surface area contributed by atoms with Crippen LogP contribution >= 0.6 is 11.6 Å². The molecule has 0 bridgehead atoms. The zero-order valence-corrected chi connectivity index (χ0v) is 17.9. The van der Waals surface area contributed by atoms with E-state index in [0.29, 0.717) is 22.6 Å². The third kappa shape index (κ3) is 4.61. The van der Waals surface area contributed by atoms with Crippen LogP contribution < -0.4 is 5.32 Å². The van der Waals surface area contributed by atoms with Gasteiger partial charge in [-0.15, -0.1) is 0 Å². The fourth-order valence-corrected chi connectivity index (χ4v) is 3.28. The van der Waals surface area contributed by atoms with Crippen LogP contribution in [0.5, 0.6) is 0 Å². The van der Waals surface area contributed by atoms with Crippen LogP contribution in [0.4, 0.5) is 0 Å². The first-order valence-electron chi connectivity index (χ1n) is 9.73. The molecule has 0 saturated carbocycles. The Kier molecular flexibility index (Phi) is 5.70. The van der Waals surface area contributed by atoms with Crippen LogP contribution in [0.2, 0.25) is 5.02 Å². The zero-order chi connectivity index (χ0) is 21.1. The smallest absolute Gasteiger partial charge is 0.226 e. The Bertz CT molecular complexity index is 1130. The van der Waals surface area contributed by atoms with E-state index in [4.69, 9.17) is 20.5 Å². The van der Waals surface area contributed by atoms with E-state index in [9.17, 15) is 0 Å². The Morgan fingerprint density at radius 2 is 1.83 bits per heavy atom. The molecule has 0 aliphatic heterocycles. The van der Waals surface area contributed by atoms with Crippen molar-refractivity contribution in [2.45, 2.75) is 32.7 Å². The molecule has 4 aromatic rings. The lowest BCUT2D eigenvalue weighted by Crippen LogP contribution is -2.33. The molecule has 2 aromatic heterocycles. The minimum absolute atomic E-state index is 0.198. The first kappa shape index (κ1) is 20.3. The third-order valence-electron chi connectivity index (χ3n) is 4.90. The van der Waals surface area contributed by atoms with Gasteiger partial charge in [0.15, 0.2) is 0 Å². The summed E-state index contributed by atoms with van der Waals surface area (Å²) < 4.78 is 10.8. The molecule has 0 aliphatic carbocycles. The molecule has 0 amide bonds. The van der Waals surface area contributed by atoms with Gasteiger partial charge in [0.1, 0.15) is 6.26 Å². The predicted molar refractivity (Wildman–Crippen MR) is 116 cm³/mol. The van der Waals surface area contributed by atoms with Gasteiger partial charge < -0.3 is 14.3 Å². The first-order chi connectivity index (χ1) is 14.4. The fraction of sp³-hybridized carbons (Fsp3) is 0.261. The number of benzene rings is 2. The van der Waals surface area contributed by atoms with Crippen LogP contribution in [0.1, 0.15) is 31.0 Å². The Morgan fingerprint density at radius 1 is 1.03 bits per heavy atom. The molecule has 2 aromatic carbocycles. The highest BCUT2D eigenvalue weighted by Crippen LogP contribution is 2.27. The number of aromatic nitrogens is 3. The van der Waals surface area contributed by atoms with Gasteiger partial charge in [0.05, 0.1) is 5.69 Å². The standard InChI is InChI=1S/C23H23ClN4O2/c1-15-26-21(28-30-15)18-6-4-5-16(11-18)12-25-14-23(2,3)20-13-29-22(27-20)17-7-9-19(24)10-8-17/h4-11,13,25H,12,14H2,1-3H3. The molecule has 6 nitrogen and oxygen atoms in total. The molecule has 0 aliphatic rings. The lowest BCUT2D eigenvalue weighted by molar-refractivity contribution is 0.394. The van der Waals surface area contributed by atoms with Crippen LogP contribution in [-0.4, -0.2) is 21.7 Å². The second-order valence-electron chi connectivity index (χ2n) is 7.87. The molecule has 2 heterocycles. The van der Waals surface area contributed by atoms with Crippen LogP contribution in [0, 0.1) is 6.92 Å². The fourth-order valence-electron chi connectivity index (χ4n) is 3.16. The van der Waals surface area contributed by atoms with Gasteiger partial charge in [0.25, 0.3) is 0 Å². The maximum atomic E-state index is 5.96. The van der Waals surface area contributed by atoms with Crippen molar-refractivity contribution in [3.63, 3.8) is 0 Å². The molecule has 0 atom stereocenters. The van der Waals surface area contributed by atoms with E-state index in [1.165, 1.54) is 0 Å². The molecular weight excluding hydrogens is 400 g/mol. The highest BCUT2D eigenvalue weighted by molar-refractivity contribution is 6.30. The molecule has 0 saturated heterocycles. The summed E-state index contributed by atoms with van der Waals surface area (Å²) in [6, 6.07) is 15.6. The number of hydrogen-bond acceptors (Lipinski definition) is 6. The average molecular weight is 423 g/mol. The summed E-state index contributed by atoms with van der Waals surface area (Å²) in [6.45, 7) is 7.53. The number of aryl methyl sites for hydroxylation is 1. The van der Waals surface area contributed by atoms with Crippen LogP contribution in [0.3, 0.4) is 0 Å². The van der Waals surface area contributed by atoms with E-state index in [-0.39, 0.29) is 5.41 Å². The summed E-state index contributed by atoms with van der Waals surface area (Å²) in [5, 5.41) is 8.19. The van der Waals surface area contributed by atoms with Crippen molar-refractivity contribution < 1.29 is 8.94 Å². The van der Waals surface area contributed by atoms with Crippen molar-refractivity contribution >= 4 is 11.6 Å². The normalized spacial score (nSPS) is 11.7. The number of halogens is 1.